The Labute approximate surface area is 126 Å². The fraction of sp³-hybridized carbons (Fsp3) is 0.417. The molecule has 0 atom stereocenters. The van der Waals surface area contributed by atoms with Crippen LogP contribution in [-0.4, -0.2) is 47.9 Å². The van der Waals surface area contributed by atoms with Gasteiger partial charge in [0.25, 0.3) is 5.69 Å². The number of nitrogens with zero attached hydrogens (tertiary/aromatic N) is 2. The molecule has 0 spiro atoms. The number of hydrogen-bond donors (Lipinski definition) is 1. The second-order valence-electron chi connectivity index (χ2n) is 4.33. The predicted octanol–water partition coefficient (Wildman–Crippen LogP) is 2.48. The summed E-state index contributed by atoms with van der Waals surface area (Å²) in [5, 5.41) is 13.4. The molecule has 1 aromatic carbocycles. The molecule has 0 unspecified atom stereocenters. The molecular weight excluding hydrogens is 302 g/mol. The van der Waals surface area contributed by atoms with Gasteiger partial charge in [-0.2, -0.15) is 11.8 Å². The van der Waals surface area contributed by atoms with Crippen LogP contribution >= 0.6 is 23.4 Å². The number of thioether (sulfide) groups is 1. The van der Waals surface area contributed by atoms with Gasteiger partial charge in [0, 0.05) is 24.4 Å². The van der Waals surface area contributed by atoms with Crippen LogP contribution in [0.2, 0.25) is 5.02 Å². The SMILES string of the molecule is CN(C)CCSCC(=O)Nc1ccc([N+](=O)[O-])cc1Cl. The Bertz CT molecular complexity index is 497. The number of amides is 1. The molecule has 20 heavy (non-hydrogen) atoms. The highest BCUT2D eigenvalue weighted by Gasteiger charge is 2.11. The van der Waals surface area contributed by atoms with Gasteiger partial charge in [0.05, 0.1) is 21.4 Å². The first kappa shape index (κ1) is 16.7. The largest absolute Gasteiger partial charge is 0.324 e. The van der Waals surface area contributed by atoms with Crippen LogP contribution in [0.25, 0.3) is 0 Å². The predicted molar refractivity (Wildman–Crippen MR) is 82.6 cm³/mol. The van der Waals surface area contributed by atoms with E-state index in [9.17, 15) is 14.9 Å². The quantitative estimate of drug-likeness (QED) is 0.475. The first-order chi connectivity index (χ1) is 9.40. The van der Waals surface area contributed by atoms with Crippen molar-refractivity contribution in [3.63, 3.8) is 0 Å². The molecule has 8 heteroatoms. The zero-order valence-corrected chi connectivity index (χ0v) is 12.8. The molecule has 0 radical (unpaired) electrons. The van der Waals surface area contributed by atoms with Crippen LogP contribution in [0, 0.1) is 10.1 Å². The molecule has 0 aromatic heterocycles. The van der Waals surface area contributed by atoms with Gasteiger partial charge in [-0.25, -0.2) is 0 Å². The highest BCUT2D eigenvalue weighted by molar-refractivity contribution is 7.99. The van der Waals surface area contributed by atoms with E-state index in [-0.39, 0.29) is 16.6 Å². The first-order valence-corrected chi connectivity index (χ1v) is 7.39. The van der Waals surface area contributed by atoms with Gasteiger partial charge in [0.2, 0.25) is 5.91 Å². The highest BCUT2D eigenvalue weighted by atomic mass is 35.5. The van der Waals surface area contributed by atoms with Crippen molar-refractivity contribution < 1.29 is 9.72 Å². The van der Waals surface area contributed by atoms with E-state index in [0.717, 1.165) is 12.3 Å². The summed E-state index contributed by atoms with van der Waals surface area (Å²) in [5.41, 5.74) is 0.281. The minimum absolute atomic E-state index is 0.103. The lowest BCUT2D eigenvalue weighted by Crippen LogP contribution is -2.18. The Hall–Kier alpha value is -1.31. The van der Waals surface area contributed by atoms with Gasteiger partial charge >= 0.3 is 0 Å². The Morgan fingerprint density at radius 3 is 2.75 bits per heavy atom. The molecule has 110 valence electrons. The van der Waals surface area contributed by atoms with Gasteiger partial charge in [-0.15, -0.1) is 0 Å². The third kappa shape index (κ3) is 5.77. The number of anilines is 1. The van der Waals surface area contributed by atoms with Crippen molar-refractivity contribution in [1.82, 2.24) is 4.90 Å². The average molecular weight is 318 g/mol. The Morgan fingerprint density at radius 2 is 2.20 bits per heavy atom. The molecule has 1 amide bonds. The fourth-order valence-corrected chi connectivity index (χ4v) is 2.44. The maximum Gasteiger partial charge on any atom is 0.271 e. The monoisotopic (exact) mass is 317 g/mol. The third-order valence-electron chi connectivity index (χ3n) is 2.35. The van der Waals surface area contributed by atoms with Gasteiger partial charge in [-0.05, 0) is 20.2 Å². The zero-order valence-electron chi connectivity index (χ0n) is 11.3. The maximum absolute atomic E-state index is 11.7. The molecule has 0 aliphatic carbocycles. The molecule has 0 bridgehead atoms. The molecule has 0 aliphatic rings. The van der Waals surface area contributed by atoms with Crippen molar-refractivity contribution in [2.75, 3.05) is 37.5 Å². The summed E-state index contributed by atoms with van der Waals surface area (Å²) in [4.78, 5) is 23.8. The van der Waals surface area contributed by atoms with E-state index >= 15 is 0 Å². The number of carbonyl (C=O) groups is 1. The number of nitrogens with one attached hydrogen (secondary N) is 1. The van der Waals surface area contributed by atoms with Crippen LogP contribution in [-0.2, 0) is 4.79 Å². The average Bonchev–Trinajstić information content (AvgIpc) is 2.36. The fourth-order valence-electron chi connectivity index (χ4n) is 1.32. The highest BCUT2D eigenvalue weighted by Crippen LogP contribution is 2.26. The van der Waals surface area contributed by atoms with Crippen LogP contribution in [0.3, 0.4) is 0 Å². The van der Waals surface area contributed by atoms with E-state index in [2.05, 4.69) is 5.32 Å². The topological polar surface area (TPSA) is 75.5 Å². The number of hydrogen-bond acceptors (Lipinski definition) is 5. The lowest BCUT2D eigenvalue weighted by Gasteiger charge is -2.09. The van der Waals surface area contributed by atoms with Crippen molar-refractivity contribution in [3.8, 4) is 0 Å². The minimum atomic E-state index is -0.533. The summed E-state index contributed by atoms with van der Waals surface area (Å²) >= 11 is 7.41. The van der Waals surface area contributed by atoms with E-state index in [4.69, 9.17) is 11.6 Å². The van der Waals surface area contributed by atoms with E-state index in [1.165, 1.54) is 30.0 Å². The molecule has 1 aromatic rings. The van der Waals surface area contributed by atoms with Crippen LogP contribution < -0.4 is 5.32 Å². The van der Waals surface area contributed by atoms with Crippen LogP contribution in [0.4, 0.5) is 11.4 Å². The molecule has 1 rings (SSSR count). The van der Waals surface area contributed by atoms with Crippen molar-refractivity contribution in [2.45, 2.75) is 0 Å². The summed E-state index contributed by atoms with van der Waals surface area (Å²) in [6.45, 7) is 0.899. The van der Waals surface area contributed by atoms with E-state index in [0.29, 0.717) is 11.4 Å². The van der Waals surface area contributed by atoms with E-state index in [1.54, 1.807) is 0 Å². The third-order valence-corrected chi connectivity index (χ3v) is 3.60. The molecule has 0 aliphatic heterocycles. The summed E-state index contributed by atoms with van der Waals surface area (Å²) in [7, 11) is 3.94. The van der Waals surface area contributed by atoms with Crippen molar-refractivity contribution >= 4 is 40.6 Å². The van der Waals surface area contributed by atoms with Crippen molar-refractivity contribution in [1.29, 1.82) is 0 Å². The van der Waals surface area contributed by atoms with Gasteiger partial charge < -0.3 is 10.2 Å². The number of nitro benzene ring substituents is 1. The standard InChI is InChI=1S/C12H16ClN3O3S/c1-15(2)5-6-20-8-12(17)14-11-4-3-9(16(18)19)7-10(11)13/h3-4,7H,5-6,8H2,1-2H3,(H,14,17). The number of benzene rings is 1. The van der Waals surface area contributed by atoms with Gasteiger partial charge in [0.1, 0.15) is 0 Å². The van der Waals surface area contributed by atoms with Crippen LogP contribution in [0.1, 0.15) is 0 Å². The molecule has 0 fully saturated rings. The molecule has 0 saturated heterocycles. The van der Waals surface area contributed by atoms with E-state index < -0.39 is 4.92 Å². The molecule has 0 saturated carbocycles. The zero-order chi connectivity index (χ0) is 15.1. The summed E-state index contributed by atoms with van der Waals surface area (Å²) in [6.07, 6.45) is 0. The van der Waals surface area contributed by atoms with Gasteiger partial charge in [-0.3, -0.25) is 14.9 Å². The van der Waals surface area contributed by atoms with Crippen LogP contribution in [0.15, 0.2) is 18.2 Å². The molecule has 0 heterocycles. The van der Waals surface area contributed by atoms with Gasteiger partial charge in [0.15, 0.2) is 0 Å². The number of carbonyl (C=O) groups excluding carboxylic acids is 1. The first-order valence-electron chi connectivity index (χ1n) is 5.86. The Morgan fingerprint density at radius 1 is 1.50 bits per heavy atom. The lowest BCUT2D eigenvalue weighted by atomic mass is 10.3. The van der Waals surface area contributed by atoms with Gasteiger partial charge in [-0.1, -0.05) is 11.6 Å². The normalized spacial score (nSPS) is 10.6. The summed E-state index contributed by atoms with van der Waals surface area (Å²) < 4.78 is 0. The van der Waals surface area contributed by atoms with Crippen molar-refractivity contribution in [2.24, 2.45) is 0 Å². The Balaban J connectivity index is 2.48. The smallest absolute Gasteiger partial charge is 0.271 e. The number of halogens is 1. The minimum Gasteiger partial charge on any atom is -0.324 e. The summed E-state index contributed by atoms with van der Waals surface area (Å²) in [5.74, 6) is 1.000. The molecule has 6 nitrogen and oxygen atoms in total. The Kier molecular flexibility index (Phi) is 6.77. The second kappa shape index (κ2) is 8.08. The van der Waals surface area contributed by atoms with E-state index in [1.807, 2.05) is 19.0 Å². The van der Waals surface area contributed by atoms with Crippen LogP contribution in [0.5, 0.6) is 0 Å². The number of rotatable bonds is 7. The number of nitro groups is 1. The summed E-state index contributed by atoms with van der Waals surface area (Å²) in [6, 6.07) is 3.96. The maximum atomic E-state index is 11.7. The second-order valence-corrected chi connectivity index (χ2v) is 5.84. The molecule has 1 N–H and O–H groups in total. The number of non-ortho nitro benzene ring substituents is 1. The lowest BCUT2D eigenvalue weighted by molar-refractivity contribution is -0.384. The molecular formula is C12H16ClN3O3S. The van der Waals surface area contributed by atoms with Crippen molar-refractivity contribution in [3.05, 3.63) is 33.3 Å².